The fraction of sp³-hybridized carbons (Fsp3) is 0.500. The number of benzene rings is 1. The molecule has 0 heterocycles. The van der Waals surface area contributed by atoms with E-state index in [9.17, 15) is 18.4 Å². The van der Waals surface area contributed by atoms with Crippen LogP contribution in [0.4, 0.5) is 13.2 Å². The van der Waals surface area contributed by atoms with Crippen LogP contribution < -0.4 is 4.74 Å². The third-order valence-corrected chi connectivity index (χ3v) is 3.64. The minimum Gasteiger partial charge on any atom is -0.494 e. The lowest BCUT2D eigenvalue weighted by Gasteiger charge is -2.35. The number of hydrogen-bond donors (Lipinski definition) is 0. The summed E-state index contributed by atoms with van der Waals surface area (Å²) in [5.74, 6) is -4.19. The second-order valence-electron chi connectivity index (χ2n) is 4.80. The molecule has 1 aliphatic rings. The van der Waals surface area contributed by atoms with Gasteiger partial charge in [0.2, 0.25) is 5.92 Å². The Morgan fingerprint density at radius 1 is 1.32 bits per heavy atom. The molecule has 0 aliphatic heterocycles. The van der Waals surface area contributed by atoms with Crippen LogP contribution in [0.1, 0.15) is 35.4 Å². The molecule has 19 heavy (non-hydrogen) atoms. The number of alkyl halides is 2. The molecule has 102 valence electrons. The van der Waals surface area contributed by atoms with Crippen LogP contribution in [0.3, 0.4) is 0 Å². The Bertz CT molecular complexity index is 600. The highest BCUT2D eigenvalue weighted by Gasteiger charge is 2.44. The quantitative estimate of drug-likeness (QED) is 0.820. The predicted octanol–water partition coefficient (Wildman–Crippen LogP) is 3.80. The van der Waals surface area contributed by atoms with Crippen LogP contribution in [0, 0.1) is 17.1 Å². The van der Waals surface area contributed by atoms with E-state index < -0.39 is 42.8 Å². The molecule has 1 aromatic rings. The molecule has 0 radical (unpaired) electrons. The van der Waals surface area contributed by atoms with E-state index in [-0.39, 0.29) is 18.4 Å². The summed E-state index contributed by atoms with van der Waals surface area (Å²) in [6, 6.07) is 5.48. The van der Waals surface area contributed by atoms with Crippen molar-refractivity contribution in [2.24, 2.45) is 0 Å². The van der Waals surface area contributed by atoms with E-state index in [4.69, 9.17) is 4.11 Å². The van der Waals surface area contributed by atoms with Crippen LogP contribution >= 0.6 is 0 Å². The van der Waals surface area contributed by atoms with Crippen molar-refractivity contribution in [3.8, 4) is 11.8 Å². The number of hydrogen-bond acceptors (Lipinski definition) is 2. The molecular formula is C14H14F3NO. The molecule has 2 rings (SSSR count). The molecular weight excluding hydrogens is 255 g/mol. The van der Waals surface area contributed by atoms with Gasteiger partial charge in [0, 0.05) is 12.8 Å². The van der Waals surface area contributed by atoms with E-state index in [1.807, 2.05) is 6.07 Å². The number of methoxy groups -OCH3 is 1. The van der Waals surface area contributed by atoms with Crippen molar-refractivity contribution >= 4 is 0 Å². The van der Waals surface area contributed by atoms with Crippen molar-refractivity contribution < 1.29 is 22.0 Å². The molecule has 0 N–H and O–H groups in total. The minimum absolute atomic E-state index is 0.0740. The third-order valence-electron chi connectivity index (χ3n) is 3.64. The molecule has 0 bridgehead atoms. The van der Waals surface area contributed by atoms with E-state index in [1.54, 1.807) is 0 Å². The van der Waals surface area contributed by atoms with Crippen molar-refractivity contribution in [3.05, 3.63) is 29.6 Å². The van der Waals surface area contributed by atoms with E-state index in [2.05, 4.69) is 4.74 Å². The van der Waals surface area contributed by atoms with Crippen LogP contribution in [0.15, 0.2) is 18.2 Å². The minimum atomic E-state index is -2.80. The molecule has 1 aromatic carbocycles. The van der Waals surface area contributed by atoms with Crippen LogP contribution in [0.2, 0.25) is 0 Å². The monoisotopic (exact) mass is 272 g/mol. The Labute approximate surface area is 114 Å². The maximum Gasteiger partial charge on any atom is 0.248 e. The number of ether oxygens (including phenoxy) is 1. The second kappa shape index (κ2) is 4.76. The van der Waals surface area contributed by atoms with E-state index in [0.29, 0.717) is 0 Å². The van der Waals surface area contributed by atoms with E-state index in [0.717, 1.165) is 12.1 Å². The largest absolute Gasteiger partial charge is 0.494 e. The molecule has 5 heteroatoms. The second-order valence-corrected chi connectivity index (χ2v) is 4.80. The summed E-state index contributed by atoms with van der Waals surface area (Å²) in [6.45, 7) is 0. The molecule has 1 fully saturated rings. The predicted molar refractivity (Wildman–Crippen MR) is 63.7 cm³/mol. The molecule has 2 nitrogen and oxygen atoms in total. The number of halogens is 3. The topological polar surface area (TPSA) is 33.0 Å². The SMILES string of the molecule is [2H]C([2H])([2H])Oc1ccc(C2(C#N)CCC(F)(F)CC2)cc1F. The van der Waals surface area contributed by atoms with Crippen LogP contribution in [-0.2, 0) is 5.41 Å². The average Bonchev–Trinajstić information content (AvgIpc) is 2.40. The Hall–Kier alpha value is -1.70. The highest BCUT2D eigenvalue weighted by Crippen LogP contribution is 2.45. The van der Waals surface area contributed by atoms with E-state index in [1.165, 1.54) is 6.07 Å². The van der Waals surface area contributed by atoms with Crippen LogP contribution in [0.25, 0.3) is 0 Å². The van der Waals surface area contributed by atoms with E-state index >= 15 is 0 Å². The smallest absolute Gasteiger partial charge is 0.248 e. The lowest BCUT2D eigenvalue weighted by Crippen LogP contribution is -2.35. The maximum absolute atomic E-state index is 14.0. The Kier molecular flexibility index (Phi) is 2.54. The highest BCUT2D eigenvalue weighted by molar-refractivity contribution is 5.38. The molecule has 0 unspecified atom stereocenters. The number of nitriles is 1. The van der Waals surface area contributed by atoms with Gasteiger partial charge in [-0.25, -0.2) is 13.2 Å². The van der Waals surface area contributed by atoms with Gasteiger partial charge in [0.25, 0.3) is 0 Å². The van der Waals surface area contributed by atoms with Crippen molar-refractivity contribution in [3.63, 3.8) is 0 Å². The highest BCUT2D eigenvalue weighted by atomic mass is 19.3. The van der Waals surface area contributed by atoms with Crippen LogP contribution in [-0.4, -0.2) is 13.0 Å². The molecule has 0 spiro atoms. The fourth-order valence-corrected chi connectivity index (χ4v) is 2.39. The summed E-state index contributed by atoms with van der Waals surface area (Å²) in [6.07, 6.45) is -1.02. The van der Waals surface area contributed by atoms with Gasteiger partial charge >= 0.3 is 0 Å². The maximum atomic E-state index is 14.0. The van der Waals surface area contributed by atoms with Gasteiger partial charge < -0.3 is 4.74 Å². The first-order valence-electron chi connectivity index (χ1n) is 7.35. The van der Waals surface area contributed by atoms with Gasteiger partial charge in [0.1, 0.15) is 0 Å². The normalized spacial score (nSPS) is 23.6. The van der Waals surface area contributed by atoms with Gasteiger partial charge in [-0.3, -0.25) is 0 Å². The Morgan fingerprint density at radius 3 is 2.53 bits per heavy atom. The summed E-state index contributed by atoms with van der Waals surface area (Å²) >= 11 is 0. The van der Waals surface area contributed by atoms with Gasteiger partial charge in [0.15, 0.2) is 11.6 Å². The molecule has 0 saturated heterocycles. The lowest BCUT2D eigenvalue weighted by atomic mass is 9.69. The average molecular weight is 272 g/mol. The van der Waals surface area contributed by atoms with Gasteiger partial charge in [-0.15, -0.1) is 0 Å². The zero-order chi connectivity index (χ0) is 16.6. The van der Waals surface area contributed by atoms with Gasteiger partial charge in [0.05, 0.1) is 22.6 Å². The zero-order valence-corrected chi connectivity index (χ0v) is 10.0. The van der Waals surface area contributed by atoms with Crippen molar-refractivity contribution in [2.75, 3.05) is 7.04 Å². The van der Waals surface area contributed by atoms with Crippen molar-refractivity contribution in [1.29, 1.82) is 5.26 Å². The summed E-state index contributed by atoms with van der Waals surface area (Å²) in [5, 5.41) is 9.37. The van der Waals surface area contributed by atoms with Crippen LogP contribution in [0.5, 0.6) is 5.75 Å². The molecule has 1 aliphatic carbocycles. The summed E-state index contributed by atoms with van der Waals surface area (Å²) in [5.41, 5.74) is -0.915. The molecule has 1 saturated carbocycles. The standard InChI is InChI=1S/C14H14F3NO/c1-19-12-3-2-10(8-11(12)15)13(9-18)4-6-14(16,17)7-5-13/h2-3,8H,4-7H2,1H3/i1D3. The van der Waals surface area contributed by atoms with Gasteiger partial charge in [-0.2, -0.15) is 5.26 Å². The van der Waals surface area contributed by atoms with Crippen molar-refractivity contribution in [2.45, 2.75) is 37.0 Å². The first-order chi connectivity index (χ1) is 10.1. The summed E-state index contributed by atoms with van der Waals surface area (Å²) in [7, 11) is -2.79. The van der Waals surface area contributed by atoms with Gasteiger partial charge in [-0.1, -0.05) is 6.07 Å². The molecule has 0 atom stereocenters. The summed E-state index contributed by atoms with van der Waals surface area (Å²) < 4.78 is 65.8. The Balaban J connectivity index is 2.29. The third kappa shape index (κ3) is 2.53. The van der Waals surface area contributed by atoms with Crippen molar-refractivity contribution in [1.82, 2.24) is 0 Å². The first-order valence-corrected chi connectivity index (χ1v) is 5.85. The molecule has 0 amide bonds. The zero-order valence-electron chi connectivity index (χ0n) is 13.0. The Morgan fingerprint density at radius 2 is 2.00 bits per heavy atom. The fourth-order valence-electron chi connectivity index (χ4n) is 2.39. The first kappa shape index (κ1) is 10.1. The summed E-state index contributed by atoms with van der Waals surface area (Å²) in [4.78, 5) is 0. The number of rotatable bonds is 2. The van der Waals surface area contributed by atoms with Gasteiger partial charge in [-0.05, 0) is 30.5 Å². The lowest BCUT2D eigenvalue weighted by molar-refractivity contribution is -0.0453. The number of nitrogens with zero attached hydrogens (tertiary/aromatic N) is 1. The molecule has 0 aromatic heterocycles.